The van der Waals surface area contributed by atoms with E-state index in [1.54, 1.807) is 0 Å². The average Bonchev–Trinajstić information content (AvgIpc) is 2.65. The molecule has 0 radical (unpaired) electrons. The fraction of sp³-hybridized carbons (Fsp3) is 0.826. The topological polar surface area (TPSA) is 171 Å². The Morgan fingerprint density at radius 3 is 1.94 bits per heavy atom. The quantitative estimate of drug-likeness (QED) is 0.195. The number of hydrogen-bond donors (Lipinski definition) is 6. The highest BCUT2D eigenvalue weighted by Gasteiger charge is 2.29. The maximum absolute atomic E-state index is 12.7. The largest absolute Gasteiger partial charge is 0.481 e. The third kappa shape index (κ3) is 15.3. The summed E-state index contributed by atoms with van der Waals surface area (Å²) in [7, 11) is 0. The zero-order valence-corrected chi connectivity index (χ0v) is 21.0. The summed E-state index contributed by atoms with van der Waals surface area (Å²) < 4.78 is 0. The lowest BCUT2D eigenvalue weighted by Gasteiger charge is -2.27. The molecule has 0 rings (SSSR count). The van der Waals surface area contributed by atoms with E-state index in [0.29, 0.717) is 25.8 Å². The molecule has 0 saturated carbocycles. The van der Waals surface area contributed by atoms with Crippen molar-refractivity contribution in [2.45, 2.75) is 97.7 Å². The van der Waals surface area contributed by atoms with Crippen LogP contribution in [0.5, 0.6) is 0 Å². The van der Waals surface area contributed by atoms with Crippen molar-refractivity contribution in [2.75, 3.05) is 13.1 Å². The number of carbonyl (C=O) groups is 4. The number of rotatable bonds is 15. The van der Waals surface area contributed by atoms with E-state index in [1.165, 1.54) is 0 Å². The highest BCUT2D eigenvalue weighted by Crippen LogP contribution is 2.27. The van der Waals surface area contributed by atoms with E-state index in [-0.39, 0.29) is 42.7 Å². The number of aliphatic carboxylic acids is 2. The van der Waals surface area contributed by atoms with Crippen molar-refractivity contribution < 1.29 is 29.4 Å². The molecule has 0 fully saturated rings. The van der Waals surface area contributed by atoms with Gasteiger partial charge >= 0.3 is 11.9 Å². The average molecular weight is 473 g/mol. The number of unbranched alkanes of at least 4 members (excludes halogenated alkanes) is 1. The van der Waals surface area contributed by atoms with Gasteiger partial charge in [-0.2, -0.15) is 0 Å². The summed E-state index contributed by atoms with van der Waals surface area (Å²) in [6, 6.07) is -1.58. The molecule has 0 aliphatic carbocycles. The number of carboxylic acids is 2. The Morgan fingerprint density at radius 2 is 1.48 bits per heavy atom. The van der Waals surface area contributed by atoms with Crippen LogP contribution in [-0.4, -0.2) is 64.7 Å². The van der Waals surface area contributed by atoms with Gasteiger partial charge in [-0.25, -0.2) is 4.79 Å². The van der Waals surface area contributed by atoms with Crippen molar-refractivity contribution in [1.82, 2.24) is 16.0 Å². The molecule has 3 atom stereocenters. The first-order valence-electron chi connectivity index (χ1n) is 11.6. The van der Waals surface area contributed by atoms with Crippen LogP contribution in [-0.2, 0) is 19.2 Å². The van der Waals surface area contributed by atoms with Crippen LogP contribution in [0.3, 0.4) is 0 Å². The molecule has 0 bridgehead atoms. The molecule has 0 aromatic rings. The third-order valence-corrected chi connectivity index (χ3v) is 4.93. The molecule has 0 saturated heterocycles. The van der Waals surface area contributed by atoms with Gasteiger partial charge in [0.15, 0.2) is 0 Å². The Bertz CT molecular complexity index is 654. The Hall–Kier alpha value is -2.20. The zero-order valence-electron chi connectivity index (χ0n) is 21.0. The van der Waals surface area contributed by atoms with Crippen LogP contribution in [0, 0.1) is 11.3 Å². The first kappa shape index (κ1) is 30.8. The van der Waals surface area contributed by atoms with Crippen molar-refractivity contribution in [3.8, 4) is 0 Å². The van der Waals surface area contributed by atoms with Crippen molar-refractivity contribution in [2.24, 2.45) is 17.1 Å². The molecule has 1 unspecified atom stereocenters. The van der Waals surface area contributed by atoms with Crippen molar-refractivity contribution in [3.05, 3.63) is 0 Å². The molecule has 10 nitrogen and oxygen atoms in total. The second-order valence-electron chi connectivity index (χ2n) is 10.8. The molecule has 192 valence electrons. The van der Waals surface area contributed by atoms with Crippen LogP contribution in [0.1, 0.15) is 80.1 Å². The van der Waals surface area contributed by atoms with E-state index < -0.39 is 35.8 Å². The predicted molar refractivity (Wildman–Crippen MR) is 127 cm³/mol. The Kier molecular flexibility index (Phi) is 13.2. The van der Waals surface area contributed by atoms with Gasteiger partial charge in [0.05, 0.1) is 6.04 Å². The van der Waals surface area contributed by atoms with Gasteiger partial charge in [0.2, 0.25) is 11.8 Å². The second kappa shape index (κ2) is 14.1. The minimum atomic E-state index is -1.14. The summed E-state index contributed by atoms with van der Waals surface area (Å²) in [4.78, 5) is 47.5. The summed E-state index contributed by atoms with van der Waals surface area (Å²) >= 11 is 0. The van der Waals surface area contributed by atoms with Gasteiger partial charge < -0.3 is 31.9 Å². The minimum Gasteiger partial charge on any atom is -0.481 e. The molecular weight excluding hydrogens is 428 g/mol. The predicted octanol–water partition coefficient (Wildman–Crippen LogP) is 1.47. The number of carboxylic acid groups (broad SMARTS) is 2. The highest BCUT2D eigenvalue weighted by atomic mass is 16.4. The normalized spacial score (nSPS) is 14.8. The zero-order chi connectivity index (χ0) is 25.8. The van der Waals surface area contributed by atoms with E-state index in [4.69, 9.17) is 10.8 Å². The minimum absolute atomic E-state index is 0.153. The van der Waals surface area contributed by atoms with Gasteiger partial charge in [0.25, 0.3) is 0 Å². The standard InChI is InChI=1S/C23H44N4O6/c1-22(2,3)13-15(10-11-18(28)29)19(30)26-16(21(32)33)9-7-8-12-25-20(31)17(14-24)27-23(4,5)6/h15-17,27H,7-14,24H2,1-6H3,(H,25,31)(H,26,30)(H,28,29)(H,32,33)/t15-,16?,17+/m1/s1. The number of hydrogen-bond acceptors (Lipinski definition) is 6. The van der Waals surface area contributed by atoms with E-state index in [1.807, 2.05) is 41.5 Å². The number of nitrogens with two attached hydrogens (primary N) is 1. The Balaban J connectivity index is 4.70. The molecule has 0 aliphatic rings. The van der Waals surface area contributed by atoms with Gasteiger partial charge in [0.1, 0.15) is 6.04 Å². The molecule has 33 heavy (non-hydrogen) atoms. The summed E-state index contributed by atoms with van der Waals surface area (Å²) in [5, 5.41) is 27.0. The number of amides is 2. The van der Waals surface area contributed by atoms with Crippen molar-refractivity contribution >= 4 is 23.8 Å². The Labute approximate surface area is 197 Å². The van der Waals surface area contributed by atoms with Crippen LogP contribution < -0.4 is 21.7 Å². The van der Waals surface area contributed by atoms with Gasteiger partial charge in [-0.15, -0.1) is 0 Å². The van der Waals surface area contributed by atoms with E-state index in [0.717, 1.165) is 0 Å². The van der Waals surface area contributed by atoms with Crippen molar-refractivity contribution in [1.29, 1.82) is 0 Å². The lowest BCUT2D eigenvalue weighted by Crippen LogP contribution is -2.55. The van der Waals surface area contributed by atoms with Gasteiger partial charge in [-0.05, 0) is 58.3 Å². The molecule has 10 heteroatoms. The van der Waals surface area contributed by atoms with Crippen LogP contribution in [0.2, 0.25) is 0 Å². The Morgan fingerprint density at radius 1 is 0.879 bits per heavy atom. The first-order valence-corrected chi connectivity index (χ1v) is 11.6. The fourth-order valence-electron chi connectivity index (χ4n) is 3.47. The molecule has 0 heterocycles. The maximum atomic E-state index is 12.7. The summed E-state index contributed by atoms with van der Waals surface area (Å²) in [6.45, 7) is 12.2. The molecule has 7 N–H and O–H groups in total. The first-order chi connectivity index (χ1) is 15.1. The molecule has 0 spiro atoms. The van der Waals surface area contributed by atoms with E-state index in [9.17, 15) is 24.3 Å². The molecule has 0 aromatic heterocycles. The van der Waals surface area contributed by atoms with E-state index >= 15 is 0 Å². The molecule has 0 aliphatic heterocycles. The number of nitrogens with one attached hydrogen (secondary N) is 3. The summed E-state index contributed by atoms with van der Waals surface area (Å²) in [6.07, 6.45) is 1.69. The highest BCUT2D eigenvalue weighted by molar-refractivity contribution is 5.85. The maximum Gasteiger partial charge on any atom is 0.326 e. The van der Waals surface area contributed by atoms with Gasteiger partial charge in [0, 0.05) is 31.0 Å². The lowest BCUT2D eigenvalue weighted by molar-refractivity contribution is -0.143. The van der Waals surface area contributed by atoms with Gasteiger partial charge in [-0.3, -0.25) is 14.4 Å². The van der Waals surface area contributed by atoms with Crippen LogP contribution >= 0.6 is 0 Å². The van der Waals surface area contributed by atoms with Crippen LogP contribution in [0.25, 0.3) is 0 Å². The molecule has 0 aromatic carbocycles. The fourth-order valence-corrected chi connectivity index (χ4v) is 3.47. The smallest absolute Gasteiger partial charge is 0.326 e. The number of carbonyl (C=O) groups excluding carboxylic acids is 2. The summed E-state index contributed by atoms with van der Waals surface area (Å²) in [5.41, 5.74) is 5.20. The molecule has 2 amide bonds. The van der Waals surface area contributed by atoms with Crippen LogP contribution in [0.4, 0.5) is 0 Å². The van der Waals surface area contributed by atoms with E-state index in [2.05, 4.69) is 16.0 Å². The third-order valence-electron chi connectivity index (χ3n) is 4.93. The van der Waals surface area contributed by atoms with Crippen molar-refractivity contribution in [3.63, 3.8) is 0 Å². The monoisotopic (exact) mass is 472 g/mol. The summed E-state index contributed by atoms with van der Waals surface area (Å²) in [5.74, 6) is -3.36. The molecular formula is C23H44N4O6. The second-order valence-corrected chi connectivity index (χ2v) is 10.8. The van der Waals surface area contributed by atoms with Gasteiger partial charge in [-0.1, -0.05) is 20.8 Å². The SMILES string of the molecule is CC(C)(C)C[C@@H](CCC(=O)O)C(=O)NC(CCCCNC(=O)[C@H](CN)NC(C)(C)C)C(=O)O. The van der Waals surface area contributed by atoms with Crippen LogP contribution in [0.15, 0.2) is 0 Å². The lowest BCUT2D eigenvalue weighted by atomic mass is 9.82.